The smallest absolute Gasteiger partial charge is 0.323 e. The lowest BCUT2D eigenvalue weighted by Crippen LogP contribution is -2.46. The summed E-state index contributed by atoms with van der Waals surface area (Å²) < 4.78 is 0. The fraction of sp³-hybridized carbons (Fsp3) is 0.348. The van der Waals surface area contributed by atoms with Crippen LogP contribution < -0.4 is 5.73 Å². The highest BCUT2D eigenvalue weighted by Crippen LogP contribution is 2.26. The Balaban J connectivity index is 0.000000291. The Labute approximate surface area is 172 Å². The second-order valence-corrected chi connectivity index (χ2v) is 7.38. The van der Waals surface area contributed by atoms with Crippen molar-refractivity contribution >= 4 is 5.97 Å². The molecular formula is C23H30N2O4. The first-order chi connectivity index (χ1) is 13.6. The summed E-state index contributed by atoms with van der Waals surface area (Å²) in [6, 6.07) is 15.1. The lowest BCUT2D eigenvalue weighted by Gasteiger charge is -2.22. The van der Waals surface area contributed by atoms with Gasteiger partial charge in [-0.25, -0.2) is 0 Å². The van der Waals surface area contributed by atoms with Gasteiger partial charge in [0.25, 0.3) is 0 Å². The van der Waals surface area contributed by atoms with E-state index >= 15 is 0 Å². The summed E-state index contributed by atoms with van der Waals surface area (Å²) >= 11 is 0. The number of hydrogen-bond acceptors (Lipinski definition) is 5. The highest BCUT2D eigenvalue weighted by molar-refractivity contribution is 5.78. The van der Waals surface area contributed by atoms with E-state index in [1.165, 1.54) is 30.7 Å². The summed E-state index contributed by atoms with van der Waals surface area (Å²) in [6.45, 7) is 4.30. The quantitative estimate of drug-likeness (QED) is 0.422. The molecule has 0 bridgehead atoms. The molecule has 0 saturated heterocycles. The molecule has 2 aromatic carbocycles. The van der Waals surface area contributed by atoms with Crippen molar-refractivity contribution in [3.05, 3.63) is 59.7 Å². The van der Waals surface area contributed by atoms with E-state index in [0.717, 1.165) is 6.42 Å². The summed E-state index contributed by atoms with van der Waals surface area (Å²) in [5.41, 5.74) is 6.07. The van der Waals surface area contributed by atoms with Crippen molar-refractivity contribution < 1.29 is 20.1 Å². The monoisotopic (exact) mass is 398 g/mol. The first-order valence-electron chi connectivity index (χ1n) is 9.27. The summed E-state index contributed by atoms with van der Waals surface area (Å²) in [5, 5.41) is 27.0. The molecule has 0 aliphatic rings. The molecule has 29 heavy (non-hydrogen) atoms. The van der Waals surface area contributed by atoms with Gasteiger partial charge in [0.2, 0.25) is 0 Å². The Hall–Kier alpha value is -3.01. The molecule has 6 heteroatoms. The minimum absolute atomic E-state index is 0.0795. The molecule has 0 aliphatic heterocycles. The van der Waals surface area contributed by atoms with E-state index in [2.05, 4.69) is 49.1 Å². The van der Waals surface area contributed by atoms with Crippen molar-refractivity contribution in [1.29, 1.82) is 0 Å². The zero-order chi connectivity index (χ0) is 22.0. The zero-order valence-electron chi connectivity index (χ0n) is 17.2. The van der Waals surface area contributed by atoms with Crippen LogP contribution in [-0.4, -0.2) is 51.4 Å². The number of carboxylic acid groups (broad SMARTS) is 1. The third-order valence-corrected chi connectivity index (χ3v) is 4.57. The van der Waals surface area contributed by atoms with Crippen LogP contribution in [0, 0.1) is 12.3 Å². The third-order valence-electron chi connectivity index (χ3n) is 4.57. The first kappa shape index (κ1) is 24.0. The van der Waals surface area contributed by atoms with Gasteiger partial charge in [-0.3, -0.25) is 9.69 Å². The van der Waals surface area contributed by atoms with Crippen molar-refractivity contribution in [2.24, 2.45) is 5.73 Å². The van der Waals surface area contributed by atoms with Crippen molar-refractivity contribution in [3.63, 3.8) is 0 Å². The molecule has 6 nitrogen and oxygen atoms in total. The highest BCUT2D eigenvalue weighted by atomic mass is 16.4. The fourth-order valence-corrected chi connectivity index (χ4v) is 2.59. The zero-order valence-corrected chi connectivity index (χ0v) is 17.2. The Morgan fingerprint density at radius 2 is 1.79 bits per heavy atom. The van der Waals surface area contributed by atoms with E-state index in [0.29, 0.717) is 18.2 Å². The summed E-state index contributed by atoms with van der Waals surface area (Å²) in [5.74, 6) is 1.02. The van der Waals surface area contributed by atoms with Crippen LogP contribution in [0.25, 0.3) is 0 Å². The molecule has 2 rings (SSSR count). The van der Waals surface area contributed by atoms with Crippen LogP contribution in [0.5, 0.6) is 11.5 Å². The highest BCUT2D eigenvalue weighted by Gasteiger charge is 2.28. The molecule has 0 saturated carbocycles. The number of likely N-dealkylation sites (N-methyl/N-ethyl adjacent to an activating group) is 1. The van der Waals surface area contributed by atoms with Gasteiger partial charge in [0.1, 0.15) is 5.54 Å². The topological polar surface area (TPSA) is 107 Å². The molecule has 0 aliphatic carbocycles. The fourth-order valence-electron chi connectivity index (χ4n) is 2.59. The number of carbonyl (C=O) groups is 1. The third kappa shape index (κ3) is 8.26. The number of phenols is 2. The molecule has 0 unspecified atom stereocenters. The van der Waals surface area contributed by atoms with E-state index in [9.17, 15) is 9.90 Å². The second-order valence-electron chi connectivity index (χ2n) is 7.38. The molecule has 2 aromatic rings. The number of nitrogens with two attached hydrogens (primary N) is 1. The number of terminal acetylenes is 1. The van der Waals surface area contributed by atoms with Crippen LogP contribution in [0.15, 0.2) is 48.5 Å². The van der Waals surface area contributed by atoms with Gasteiger partial charge in [-0.05, 0) is 50.6 Å². The lowest BCUT2D eigenvalue weighted by molar-refractivity contribution is -0.142. The molecule has 0 aromatic heterocycles. The maximum atomic E-state index is 10.7. The van der Waals surface area contributed by atoms with Crippen molar-refractivity contribution in [3.8, 4) is 23.8 Å². The standard InChI is InChI=1S/C13H17N.C10H13NO4/c1-4-10-14(3)12(2)11-13-8-6-5-7-9-13;1-10(11,9(14)15)5-6-2-3-7(12)8(13)4-6/h1,5-9,12H,10-11H2,2-3H3;2-4,12-13H,5,11H2,1H3,(H,14,15)/t12-;10-/m10/s1. The Morgan fingerprint density at radius 1 is 1.17 bits per heavy atom. The predicted octanol–water partition coefficient (Wildman–Crippen LogP) is 2.62. The van der Waals surface area contributed by atoms with Crippen molar-refractivity contribution in [1.82, 2.24) is 4.90 Å². The van der Waals surface area contributed by atoms with Crippen LogP contribution in [0.2, 0.25) is 0 Å². The average Bonchev–Trinajstić information content (AvgIpc) is 2.66. The summed E-state index contributed by atoms with van der Waals surface area (Å²) in [6.07, 6.45) is 6.40. The van der Waals surface area contributed by atoms with Crippen LogP contribution in [-0.2, 0) is 17.6 Å². The van der Waals surface area contributed by atoms with Gasteiger partial charge in [-0.15, -0.1) is 6.42 Å². The molecular weight excluding hydrogens is 368 g/mol. The largest absolute Gasteiger partial charge is 0.504 e. The molecule has 0 spiro atoms. The minimum atomic E-state index is -1.39. The van der Waals surface area contributed by atoms with Gasteiger partial charge in [0, 0.05) is 12.5 Å². The Morgan fingerprint density at radius 3 is 2.31 bits per heavy atom. The first-order valence-corrected chi connectivity index (χ1v) is 9.27. The number of phenolic OH excluding ortho intramolecular Hbond substituents is 2. The Kier molecular flexibility index (Phi) is 9.20. The Bertz CT molecular complexity index is 829. The molecule has 0 fully saturated rings. The van der Waals surface area contributed by atoms with Gasteiger partial charge < -0.3 is 21.1 Å². The number of carboxylic acids is 1. The molecule has 0 radical (unpaired) electrons. The van der Waals surface area contributed by atoms with E-state index < -0.39 is 11.5 Å². The molecule has 5 N–H and O–H groups in total. The van der Waals surface area contributed by atoms with Gasteiger partial charge in [0.15, 0.2) is 11.5 Å². The SMILES string of the molecule is C#CCN(C)[C@H](C)Cc1ccccc1.C[C@](N)(Cc1ccc(O)c(O)c1)C(=O)O. The van der Waals surface area contributed by atoms with Crippen LogP contribution in [0.4, 0.5) is 0 Å². The number of aromatic hydroxyl groups is 2. The van der Waals surface area contributed by atoms with Crippen molar-refractivity contribution in [2.45, 2.75) is 38.3 Å². The molecule has 2 atom stereocenters. The van der Waals surface area contributed by atoms with Crippen molar-refractivity contribution in [2.75, 3.05) is 13.6 Å². The molecule has 0 amide bonds. The minimum Gasteiger partial charge on any atom is -0.504 e. The van der Waals surface area contributed by atoms with Crippen LogP contribution >= 0.6 is 0 Å². The number of benzene rings is 2. The average molecular weight is 399 g/mol. The second kappa shape index (κ2) is 11.1. The normalized spacial score (nSPS) is 13.5. The number of rotatable bonds is 7. The number of aliphatic carboxylic acids is 1. The maximum Gasteiger partial charge on any atom is 0.323 e. The number of hydrogen-bond donors (Lipinski definition) is 4. The van der Waals surface area contributed by atoms with Crippen LogP contribution in [0.1, 0.15) is 25.0 Å². The van der Waals surface area contributed by atoms with E-state index in [-0.39, 0.29) is 17.9 Å². The predicted molar refractivity (Wildman–Crippen MR) is 115 cm³/mol. The van der Waals surface area contributed by atoms with E-state index in [1.807, 2.05) is 6.07 Å². The molecule has 0 heterocycles. The van der Waals surface area contributed by atoms with Gasteiger partial charge in [-0.2, -0.15) is 0 Å². The van der Waals surface area contributed by atoms with Gasteiger partial charge in [-0.1, -0.05) is 42.3 Å². The van der Waals surface area contributed by atoms with Crippen LogP contribution in [0.3, 0.4) is 0 Å². The number of nitrogens with zero attached hydrogens (tertiary/aromatic N) is 1. The molecule has 156 valence electrons. The summed E-state index contributed by atoms with van der Waals surface area (Å²) in [4.78, 5) is 12.9. The lowest BCUT2D eigenvalue weighted by atomic mass is 9.94. The maximum absolute atomic E-state index is 10.7. The van der Waals surface area contributed by atoms with Gasteiger partial charge in [0.05, 0.1) is 6.54 Å². The summed E-state index contributed by atoms with van der Waals surface area (Å²) in [7, 11) is 2.06. The van der Waals surface area contributed by atoms with Gasteiger partial charge >= 0.3 is 5.97 Å². The van der Waals surface area contributed by atoms with E-state index in [1.54, 1.807) is 0 Å². The van der Waals surface area contributed by atoms with E-state index in [4.69, 9.17) is 22.4 Å².